The van der Waals surface area contributed by atoms with E-state index in [0.717, 1.165) is 22.3 Å². The molecule has 3 rings (SSSR count). The number of hydrogen-bond acceptors (Lipinski definition) is 5. The minimum Gasteiger partial charge on any atom is -0.467 e. The lowest BCUT2D eigenvalue weighted by atomic mass is 10.1. The molecule has 2 aromatic heterocycles. The maximum atomic E-state index is 11.8. The number of hydrazone groups is 1. The lowest BCUT2D eigenvalue weighted by molar-refractivity contribution is -0.139. The number of aryl methyl sites for hydroxylation is 1. The van der Waals surface area contributed by atoms with Crippen molar-refractivity contribution < 1.29 is 18.4 Å². The van der Waals surface area contributed by atoms with E-state index < -0.39 is 11.8 Å². The van der Waals surface area contributed by atoms with Gasteiger partial charge in [-0.3, -0.25) is 9.59 Å². The highest BCUT2D eigenvalue weighted by molar-refractivity contribution is 6.35. The van der Waals surface area contributed by atoms with Crippen molar-refractivity contribution in [3.05, 3.63) is 59.7 Å². The highest BCUT2D eigenvalue weighted by atomic mass is 16.3. The molecule has 1 aromatic carbocycles. The van der Waals surface area contributed by atoms with Gasteiger partial charge in [0.25, 0.3) is 0 Å². The SMILES string of the molecule is CCc1oc2ccccc2c1/C=N\NC(=O)C(=O)NCc1ccco1. The Hall–Kier alpha value is -3.35. The van der Waals surface area contributed by atoms with Crippen molar-refractivity contribution in [3.63, 3.8) is 0 Å². The van der Waals surface area contributed by atoms with Crippen LogP contribution in [0.25, 0.3) is 11.0 Å². The van der Waals surface area contributed by atoms with Gasteiger partial charge < -0.3 is 14.2 Å². The van der Waals surface area contributed by atoms with E-state index in [1.165, 1.54) is 12.5 Å². The molecule has 0 saturated carbocycles. The summed E-state index contributed by atoms with van der Waals surface area (Å²) in [5, 5.41) is 7.22. The van der Waals surface area contributed by atoms with E-state index in [1.54, 1.807) is 12.1 Å². The maximum Gasteiger partial charge on any atom is 0.329 e. The smallest absolute Gasteiger partial charge is 0.329 e. The molecule has 0 fully saturated rings. The first-order valence-electron chi connectivity index (χ1n) is 7.83. The Morgan fingerprint density at radius 2 is 2.00 bits per heavy atom. The average molecular weight is 339 g/mol. The number of amides is 2. The van der Waals surface area contributed by atoms with Crippen molar-refractivity contribution in [2.75, 3.05) is 0 Å². The Morgan fingerprint density at radius 3 is 2.76 bits per heavy atom. The largest absolute Gasteiger partial charge is 0.467 e. The molecular weight excluding hydrogens is 322 g/mol. The molecular formula is C18H17N3O4. The molecule has 0 bridgehead atoms. The van der Waals surface area contributed by atoms with Gasteiger partial charge in [-0.05, 0) is 18.2 Å². The standard InChI is InChI=1S/C18H17N3O4/c1-2-15-14(13-7-3-4-8-16(13)25-15)11-20-21-18(23)17(22)19-10-12-6-5-9-24-12/h3-9,11H,2,10H2,1H3,(H,19,22)(H,21,23)/b20-11-. The molecule has 0 radical (unpaired) electrons. The minimum atomic E-state index is -0.853. The fourth-order valence-corrected chi connectivity index (χ4v) is 2.39. The van der Waals surface area contributed by atoms with Crippen molar-refractivity contribution in [2.24, 2.45) is 5.10 Å². The quantitative estimate of drug-likeness (QED) is 0.424. The number of furan rings is 2. The van der Waals surface area contributed by atoms with Gasteiger partial charge in [0, 0.05) is 17.4 Å². The Morgan fingerprint density at radius 1 is 1.16 bits per heavy atom. The third kappa shape index (κ3) is 3.77. The van der Waals surface area contributed by atoms with Gasteiger partial charge in [-0.1, -0.05) is 25.1 Å². The highest BCUT2D eigenvalue weighted by Crippen LogP contribution is 2.24. The zero-order chi connectivity index (χ0) is 17.6. The molecule has 128 valence electrons. The normalized spacial score (nSPS) is 11.1. The monoisotopic (exact) mass is 339 g/mol. The van der Waals surface area contributed by atoms with Gasteiger partial charge in [-0.2, -0.15) is 5.10 Å². The Balaban J connectivity index is 1.62. The predicted molar refractivity (Wildman–Crippen MR) is 91.9 cm³/mol. The van der Waals surface area contributed by atoms with Crippen LogP contribution in [0.15, 0.2) is 56.6 Å². The summed E-state index contributed by atoms with van der Waals surface area (Å²) >= 11 is 0. The minimum absolute atomic E-state index is 0.134. The van der Waals surface area contributed by atoms with Crippen molar-refractivity contribution >= 4 is 29.0 Å². The number of fused-ring (bicyclic) bond motifs is 1. The van der Waals surface area contributed by atoms with Crippen LogP contribution in [0.3, 0.4) is 0 Å². The second-order valence-electron chi connectivity index (χ2n) is 5.25. The summed E-state index contributed by atoms with van der Waals surface area (Å²) in [5.41, 5.74) is 3.75. The van der Waals surface area contributed by atoms with Crippen molar-refractivity contribution in [1.29, 1.82) is 0 Å². The Kier molecular flexibility index (Phi) is 4.94. The molecule has 2 heterocycles. The van der Waals surface area contributed by atoms with E-state index in [9.17, 15) is 9.59 Å². The molecule has 0 aliphatic heterocycles. The lowest BCUT2D eigenvalue weighted by Crippen LogP contribution is -2.37. The number of nitrogens with one attached hydrogen (secondary N) is 2. The fraction of sp³-hybridized carbons (Fsp3) is 0.167. The van der Waals surface area contributed by atoms with Gasteiger partial charge in [0.1, 0.15) is 17.1 Å². The van der Waals surface area contributed by atoms with Crippen LogP contribution >= 0.6 is 0 Å². The predicted octanol–water partition coefficient (Wildman–Crippen LogP) is 2.35. The Bertz CT molecular complexity index is 910. The van der Waals surface area contributed by atoms with Gasteiger partial charge in [-0.15, -0.1) is 0 Å². The van der Waals surface area contributed by atoms with Crippen LogP contribution in [0.4, 0.5) is 0 Å². The molecule has 0 spiro atoms. The molecule has 0 aliphatic rings. The first-order valence-corrected chi connectivity index (χ1v) is 7.83. The molecule has 0 atom stereocenters. The maximum absolute atomic E-state index is 11.8. The van der Waals surface area contributed by atoms with Crippen LogP contribution in [-0.2, 0) is 22.6 Å². The van der Waals surface area contributed by atoms with E-state index in [-0.39, 0.29) is 6.54 Å². The van der Waals surface area contributed by atoms with Crippen molar-refractivity contribution in [2.45, 2.75) is 19.9 Å². The fourth-order valence-electron chi connectivity index (χ4n) is 2.39. The van der Waals surface area contributed by atoms with Gasteiger partial charge in [0.05, 0.1) is 19.0 Å². The molecule has 2 N–H and O–H groups in total. The van der Waals surface area contributed by atoms with Gasteiger partial charge in [0.2, 0.25) is 0 Å². The van der Waals surface area contributed by atoms with Crippen LogP contribution in [-0.4, -0.2) is 18.0 Å². The van der Waals surface area contributed by atoms with Crippen molar-refractivity contribution in [3.8, 4) is 0 Å². The van der Waals surface area contributed by atoms with E-state index in [4.69, 9.17) is 8.83 Å². The number of rotatable bonds is 5. The molecule has 25 heavy (non-hydrogen) atoms. The highest BCUT2D eigenvalue weighted by Gasteiger charge is 2.14. The summed E-state index contributed by atoms with van der Waals surface area (Å²) in [6.07, 6.45) is 3.67. The van der Waals surface area contributed by atoms with Crippen molar-refractivity contribution in [1.82, 2.24) is 10.7 Å². The third-order valence-electron chi connectivity index (χ3n) is 3.60. The molecule has 0 aliphatic carbocycles. The summed E-state index contributed by atoms with van der Waals surface area (Å²) in [6.45, 7) is 2.10. The van der Waals surface area contributed by atoms with Crippen LogP contribution in [0.1, 0.15) is 24.0 Å². The summed E-state index contributed by atoms with van der Waals surface area (Å²) in [7, 11) is 0. The molecule has 0 saturated heterocycles. The van der Waals surface area contributed by atoms with E-state index in [2.05, 4.69) is 15.8 Å². The first kappa shape index (κ1) is 16.5. The molecule has 0 unspecified atom stereocenters. The van der Waals surface area contributed by atoms with Gasteiger partial charge in [0.15, 0.2) is 0 Å². The van der Waals surface area contributed by atoms with Crippen LogP contribution in [0.5, 0.6) is 0 Å². The Labute approximate surface area is 143 Å². The van der Waals surface area contributed by atoms with E-state index in [1.807, 2.05) is 31.2 Å². The zero-order valence-corrected chi connectivity index (χ0v) is 13.6. The van der Waals surface area contributed by atoms with Crippen LogP contribution in [0.2, 0.25) is 0 Å². The lowest BCUT2D eigenvalue weighted by Gasteiger charge is -2.01. The summed E-state index contributed by atoms with van der Waals surface area (Å²) in [4.78, 5) is 23.5. The number of carbonyl (C=O) groups is 2. The second-order valence-corrected chi connectivity index (χ2v) is 5.25. The molecule has 7 nitrogen and oxygen atoms in total. The zero-order valence-electron chi connectivity index (χ0n) is 13.6. The number of hydrogen-bond donors (Lipinski definition) is 2. The van der Waals surface area contributed by atoms with E-state index >= 15 is 0 Å². The molecule has 3 aromatic rings. The van der Waals surface area contributed by atoms with E-state index in [0.29, 0.717) is 12.2 Å². The molecule has 2 amide bonds. The summed E-state index contributed by atoms with van der Waals surface area (Å²) in [5.74, 6) is -0.321. The van der Waals surface area contributed by atoms with Gasteiger partial charge >= 0.3 is 11.8 Å². The van der Waals surface area contributed by atoms with Gasteiger partial charge in [-0.25, -0.2) is 5.43 Å². The first-order chi connectivity index (χ1) is 12.2. The van der Waals surface area contributed by atoms with Crippen LogP contribution < -0.4 is 10.7 Å². The topological polar surface area (TPSA) is 96.8 Å². The number of carbonyl (C=O) groups excluding carboxylic acids is 2. The third-order valence-corrected chi connectivity index (χ3v) is 3.60. The second kappa shape index (κ2) is 7.48. The molecule has 7 heteroatoms. The summed E-state index contributed by atoms with van der Waals surface area (Å²) < 4.78 is 10.8. The number of nitrogens with zero attached hydrogens (tertiary/aromatic N) is 1. The number of para-hydroxylation sites is 1. The summed E-state index contributed by atoms with van der Waals surface area (Å²) in [6, 6.07) is 11.0. The average Bonchev–Trinajstić information content (AvgIpc) is 3.27. The van der Waals surface area contributed by atoms with Crippen LogP contribution in [0, 0.1) is 0 Å². The number of benzene rings is 1.